The van der Waals surface area contributed by atoms with Gasteiger partial charge in [0, 0.05) is 11.6 Å². The van der Waals surface area contributed by atoms with Gasteiger partial charge >= 0.3 is 0 Å². The Hall–Kier alpha value is -1.62. The minimum Gasteiger partial charge on any atom is -0.494 e. The highest BCUT2D eigenvalue weighted by Gasteiger charge is 2.13. The SMILES string of the molecule is CCC(CCN)NC(=O)c1ccc(OC)c(F)c1. The second-order valence-corrected chi connectivity index (χ2v) is 4.01. The van der Waals surface area contributed by atoms with E-state index < -0.39 is 5.82 Å². The first-order valence-electron chi connectivity index (χ1n) is 5.96. The Balaban J connectivity index is 2.74. The molecule has 0 bridgehead atoms. The first-order chi connectivity index (χ1) is 8.62. The van der Waals surface area contributed by atoms with E-state index in [-0.39, 0.29) is 23.3 Å². The predicted molar refractivity (Wildman–Crippen MR) is 68.2 cm³/mol. The fourth-order valence-corrected chi connectivity index (χ4v) is 1.66. The largest absolute Gasteiger partial charge is 0.494 e. The Bertz CT molecular complexity index is 410. The molecule has 0 radical (unpaired) electrons. The van der Waals surface area contributed by atoms with Crippen LogP contribution in [-0.2, 0) is 0 Å². The lowest BCUT2D eigenvalue weighted by Gasteiger charge is -2.16. The maximum absolute atomic E-state index is 13.5. The van der Waals surface area contributed by atoms with Crippen molar-refractivity contribution in [2.45, 2.75) is 25.8 Å². The van der Waals surface area contributed by atoms with E-state index in [9.17, 15) is 9.18 Å². The molecule has 0 fully saturated rings. The third-order valence-electron chi connectivity index (χ3n) is 2.76. The molecule has 5 heteroatoms. The molecule has 1 atom stereocenters. The molecule has 0 aromatic heterocycles. The van der Waals surface area contributed by atoms with Gasteiger partial charge in [0.15, 0.2) is 11.6 Å². The quantitative estimate of drug-likeness (QED) is 0.812. The summed E-state index contributed by atoms with van der Waals surface area (Å²) in [6, 6.07) is 4.16. The first-order valence-corrected chi connectivity index (χ1v) is 5.96. The summed E-state index contributed by atoms with van der Waals surface area (Å²) in [5.41, 5.74) is 5.73. The number of carbonyl (C=O) groups is 1. The summed E-state index contributed by atoms with van der Waals surface area (Å²) in [5, 5.41) is 2.82. The molecule has 0 aliphatic carbocycles. The molecule has 1 aromatic carbocycles. The van der Waals surface area contributed by atoms with Gasteiger partial charge in [-0.1, -0.05) is 6.92 Å². The number of hydrogen-bond acceptors (Lipinski definition) is 3. The smallest absolute Gasteiger partial charge is 0.251 e. The van der Waals surface area contributed by atoms with E-state index in [2.05, 4.69) is 5.32 Å². The van der Waals surface area contributed by atoms with Crippen LogP contribution >= 0.6 is 0 Å². The molecule has 0 aliphatic rings. The zero-order valence-corrected chi connectivity index (χ0v) is 10.7. The predicted octanol–water partition coefficient (Wildman–Crippen LogP) is 1.69. The molecule has 100 valence electrons. The number of amides is 1. The maximum Gasteiger partial charge on any atom is 0.251 e. The highest BCUT2D eigenvalue weighted by molar-refractivity contribution is 5.94. The number of ether oxygens (including phenoxy) is 1. The highest BCUT2D eigenvalue weighted by atomic mass is 19.1. The van der Waals surface area contributed by atoms with Gasteiger partial charge in [-0.3, -0.25) is 4.79 Å². The van der Waals surface area contributed by atoms with Crippen LogP contribution < -0.4 is 15.8 Å². The number of nitrogens with one attached hydrogen (secondary N) is 1. The summed E-state index contributed by atoms with van der Waals surface area (Å²) in [6.07, 6.45) is 1.50. The van der Waals surface area contributed by atoms with Gasteiger partial charge in [0.2, 0.25) is 0 Å². The third-order valence-corrected chi connectivity index (χ3v) is 2.76. The van der Waals surface area contributed by atoms with E-state index in [1.165, 1.54) is 25.3 Å². The topological polar surface area (TPSA) is 64.3 Å². The van der Waals surface area contributed by atoms with Crippen molar-refractivity contribution in [2.75, 3.05) is 13.7 Å². The van der Waals surface area contributed by atoms with Crippen molar-refractivity contribution in [2.24, 2.45) is 5.73 Å². The fourth-order valence-electron chi connectivity index (χ4n) is 1.66. The standard InChI is InChI=1S/C13H19FN2O2/c1-3-10(6-7-15)16-13(17)9-4-5-12(18-2)11(14)8-9/h4-5,8,10H,3,6-7,15H2,1-2H3,(H,16,17). The summed E-state index contributed by atoms with van der Waals surface area (Å²) < 4.78 is 18.3. The Morgan fingerprint density at radius 1 is 1.56 bits per heavy atom. The van der Waals surface area contributed by atoms with Crippen molar-refractivity contribution in [3.63, 3.8) is 0 Å². The van der Waals surface area contributed by atoms with Crippen LogP contribution in [0.4, 0.5) is 4.39 Å². The monoisotopic (exact) mass is 254 g/mol. The Morgan fingerprint density at radius 2 is 2.28 bits per heavy atom. The van der Waals surface area contributed by atoms with Gasteiger partial charge in [-0.25, -0.2) is 4.39 Å². The van der Waals surface area contributed by atoms with Crippen molar-refractivity contribution in [3.05, 3.63) is 29.6 Å². The van der Waals surface area contributed by atoms with Crippen molar-refractivity contribution in [3.8, 4) is 5.75 Å². The normalized spacial score (nSPS) is 12.0. The van der Waals surface area contributed by atoms with Crippen LogP contribution in [0, 0.1) is 5.82 Å². The average molecular weight is 254 g/mol. The Kier molecular flexibility index (Phi) is 5.58. The molecule has 1 aromatic rings. The Morgan fingerprint density at radius 3 is 2.78 bits per heavy atom. The molecule has 0 heterocycles. The molecule has 0 saturated heterocycles. The van der Waals surface area contributed by atoms with Gasteiger partial charge < -0.3 is 15.8 Å². The summed E-state index contributed by atoms with van der Waals surface area (Å²) in [5.74, 6) is -0.713. The number of methoxy groups -OCH3 is 1. The van der Waals surface area contributed by atoms with E-state index in [1.807, 2.05) is 6.92 Å². The number of nitrogens with two attached hydrogens (primary N) is 1. The highest BCUT2D eigenvalue weighted by Crippen LogP contribution is 2.17. The van der Waals surface area contributed by atoms with Crippen LogP contribution in [-0.4, -0.2) is 25.6 Å². The molecular formula is C13H19FN2O2. The van der Waals surface area contributed by atoms with Crippen molar-refractivity contribution >= 4 is 5.91 Å². The number of halogens is 1. The van der Waals surface area contributed by atoms with Crippen LogP contribution in [0.2, 0.25) is 0 Å². The van der Waals surface area contributed by atoms with Gasteiger partial charge in [-0.15, -0.1) is 0 Å². The summed E-state index contributed by atoms with van der Waals surface area (Å²) >= 11 is 0. The number of carbonyl (C=O) groups excluding carboxylic acids is 1. The first kappa shape index (κ1) is 14.4. The molecule has 0 spiro atoms. The lowest BCUT2D eigenvalue weighted by atomic mass is 10.1. The van der Waals surface area contributed by atoms with E-state index >= 15 is 0 Å². The third kappa shape index (κ3) is 3.70. The van der Waals surface area contributed by atoms with Crippen molar-refractivity contribution < 1.29 is 13.9 Å². The van der Waals surface area contributed by atoms with Gasteiger partial charge in [0.05, 0.1) is 7.11 Å². The van der Waals surface area contributed by atoms with Crippen LogP contribution in [0.15, 0.2) is 18.2 Å². The molecule has 1 rings (SSSR count). The van der Waals surface area contributed by atoms with E-state index in [4.69, 9.17) is 10.5 Å². The van der Waals surface area contributed by atoms with E-state index in [1.54, 1.807) is 0 Å². The average Bonchev–Trinajstić information content (AvgIpc) is 2.37. The van der Waals surface area contributed by atoms with Crippen LogP contribution in [0.1, 0.15) is 30.1 Å². The Labute approximate surface area is 106 Å². The number of rotatable bonds is 6. The molecule has 3 N–H and O–H groups in total. The lowest BCUT2D eigenvalue weighted by Crippen LogP contribution is -2.35. The second-order valence-electron chi connectivity index (χ2n) is 4.01. The minimum absolute atomic E-state index is 0.0210. The van der Waals surface area contributed by atoms with E-state index in [0.717, 1.165) is 6.42 Å². The van der Waals surface area contributed by atoms with E-state index in [0.29, 0.717) is 13.0 Å². The number of hydrogen-bond donors (Lipinski definition) is 2. The zero-order chi connectivity index (χ0) is 13.5. The number of benzene rings is 1. The van der Waals surface area contributed by atoms with Gasteiger partial charge in [0.1, 0.15) is 0 Å². The lowest BCUT2D eigenvalue weighted by molar-refractivity contribution is 0.0934. The van der Waals surface area contributed by atoms with Crippen LogP contribution in [0.5, 0.6) is 5.75 Å². The van der Waals surface area contributed by atoms with Gasteiger partial charge in [-0.2, -0.15) is 0 Å². The second kappa shape index (κ2) is 6.96. The molecule has 1 amide bonds. The van der Waals surface area contributed by atoms with Crippen molar-refractivity contribution in [1.82, 2.24) is 5.32 Å². The van der Waals surface area contributed by atoms with Crippen LogP contribution in [0.25, 0.3) is 0 Å². The summed E-state index contributed by atoms with van der Waals surface area (Å²) in [7, 11) is 1.38. The van der Waals surface area contributed by atoms with Gasteiger partial charge in [-0.05, 0) is 37.6 Å². The van der Waals surface area contributed by atoms with Gasteiger partial charge in [0.25, 0.3) is 5.91 Å². The zero-order valence-electron chi connectivity index (χ0n) is 10.7. The fraction of sp³-hybridized carbons (Fsp3) is 0.462. The molecule has 18 heavy (non-hydrogen) atoms. The molecular weight excluding hydrogens is 235 g/mol. The maximum atomic E-state index is 13.5. The molecule has 1 unspecified atom stereocenters. The summed E-state index contributed by atoms with van der Waals surface area (Å²) in [4.78, 5) is 11.9. The van der Waals surface area contributed by atoms with Crippen LogP contribution in [0.3, 0.4) is 0 Å². The van der Waals surface area contributed by atoms with Crippen molar-refractivity contribution in [1.29, 1.82) is 0 Å². The molecule has 0 aliphatic heterocycles. The molecule has 4 nitrogen and oxygen atoms in total. The minimum atomic E-state index is -0.544. The molecule has 0 saturated carbocycles. The summed E-state index contributed by atoms with van der Waals surface area (Å²) in [6.45, 7) is 2.48.